The van der Waals surface area contributed by atoms with Gasteiger partial charge in [0.25, 0.3) is 0 Å². The van der Waals surface area contributed by atoms with E-state index in [1.54, 1.807) is 13.0 Å². The van der Waals surface area contributed by atoms with Crippen LogP contribution in [0.4, 0.5) is 0 Å². The van der Waals surface area contributed by atoms with Gasteiger partial charge in [0.1, 0.15) is 12.4 Å². The van der Waals surface area contributed by atoms with E-state index in [2.05, 4.69) is 29.8 Å². The van der Waals surface area contributed by atoms with Crippen molar-refractivity contribution in [3.05, 3.63) is 28.2 Å². The minimum atomic E-state index is -0.0608. The molecule has 0 amide bonds. The Morgan fingerprint density at radius 2 is 2.26 bits per heavy atom. The highest BCUT2D eigenvalue weighted by atomic mass is 79.9. The van der Waals surface area contributed by atoms with Gasteiger partial charge in [-0.2, -0.15) is 0 Å². The molecule has 0 saturated carbocycles. The van der Waals surface area contributed by atoms with Gasteiger partial charge in [-0.15, -0.1) is 0 Å². The zero-order valence-corrected chi connectivity index (χ0v) is 13.1. The molecule has 19 heavy (non-hydrogen) atoms. The summed E-state index contributed by atoms with van der Waals surface area (Å²) in [6.07, 6.45) is 2.14. The highest BCUT2D eigenvalue weighted by molar-refractivity contribution is 9.10. The van der Waals surface area contributed by atoms with E-state index in [1.165, 1.54) is 0 Å². The third-order valence-corrected chi connectivity index (χ3v) is 3.80. The summed E-state index contributed by atoms with van der Waals surface area (Å²) in [6, 6.07) is 5.46. The number of rotatable bonds is 4. The highest BCUT2D eigenvalue weighted by Crippen LogP contribution is 2.30. The monoisotopic (exact) mass is 326 g/mol. The van der Waals surface area contributed by atoms with E-state index < -0.39 is 0 Å². The Hall–Kier alpha value is -0.870. The van der Waals surface area contributed by atoms with Gasteiger partial charge in [0.05, 0.1) is 17.3 Å². The molecule has 2 rings (SSSR count). The minimum absolute atomic E-state index is 0.00942. The maximum Gasteiger partial charge on any atom is 0.163 e. The van der Waals surface area contributed by atoms with Gasteiger partial charge in [-0.1, -0.05) is 15.9 Å². The lowest BCUT2D eigenvalue weighted by molar-refractivity contribution is -0.0327. The summed E-state index contributed by atoms with van der Waals surface area (Å²) in [5.74, 6) is 0.630. The minimum Gasteiger partial charge on any atom is -0.490 e. The molecule has 3 nitrogen and oxygen atoms in total. The molecule has 104 valence electrons. The predicted molar refractivity (Wildman–Crippen MR) is 77.8 cm³/mol. The average Bonchev–Trinajstić information content (AvgIpc) is 2.66. The predicted octanol–water partition coefficient (Wildman–Crippen LogP) is 3.99. The molecule has 0 aromatic heterocycles. The van der Waals surface area contributed by atoms with Crippen LogP contribution in [0.3, 0.4) is 0 Å². The van der Waals surface area contributed by atoms with Crippen LogP contribution in [0.5, 0.6) is 5.75 Å². The molecular formula is C15H19BrO3. The van der Waals surface area contributed by atoms with Gasteiger partial charge in [-0.05, 0) is 51.8 Å². The third-order valence-electron chi connectivity index (χ3n) is 3.30. The summed E-state index contributed by atoms with van der Waals surface area (Å²) < 4.78 is 12.6. The smallest absolute Gasteiger partial charge is 0.163 e. The Labute approximate surface area is 122 Å². The fourth-order valence-corrected chi connectivity index (χ4v) is 2.62. The molecule has 1 heterocycles. The van der Waals surface area contributed by atoms with Crippen molar-refractivity contribution < 1.29 is 14.3 Å². The average molecular weight is 327 g/mol. The van der Waals surface area contributed by atoms with Gasteiger partial charge in [-0.3, -0.25) is 4.79 Å². The largest absolute Gasteiger partial charge is 0.490 e. The lowest BCUT2D eigenvalue weighted by Crippen LogP contribution is -2.24. The molecule has 1 fully saturated rings. The van der Waals surface area contributed by atoms with Crippen LogP contribution in [0.25, 0.3) is 0 Å². The second kappa shape index (κ2) is 5.63. The Morgan fingerprint density at radius 3 is 2.84 bits per heavy atom. The first-order valence-corrected chi connectivity index (χ1v) is 7.28. The van der Waals surface area contributed by atoms with Crippen molar-refractivity contribution in [1.29, 1.82) is 0 Å². The molecule has 0 radical (unpaired) electrons. The van der Waals surface area contributed by atoms with Crippen molar-refractivity contribution in [2.24, 2.45) is 0 Å². The summed E-state index contributed by atoms with van der Waals surface area (Å²) in [4.78, 5) is 11.6. The number of halogens is 1. The molecule has 1 aromatic carbocycles. The molecule has 0 spiro atoms. The van der Waals surface area contributed by atoms with Crippen LogP contribution >= 0.6 is 15.9 Å². The second-order valence-corrected chi connectivity index (χ2v) is 6.46. The van der Waals surface area contributed by atoms with Gasteiger partial charge in [0.15, 0.2) is 5.78 Å². The Balaban J connectivity index is 2.03. The molecule has 1 unspecified atom stereocenters. The number of ketones is 1. The molecule has 1 aromatic rings. The Kier molecular flexibility index (Phi) is 4.31. The summed E-state index contributed by atoms with van der Waals surface area (Å²) in [6.45, 7) is 6.21. The first kappa shape index (κ1) is 14.5. The van der Waals surface area contributed by atoms with Crippen LogP contribution < -0.4 is 4.74 Å². The number of hydrogen-bond donors (Lipinski definition) is 0. The number of carbonyl (C=O) groups excluding carboxylic acids is 1. The lowest BCUT2D eigenvalue weighted by Gasteiger charge is -2.20. The highest BCUT2D eigenvalue weighted by Gasteiger charge is 2.32. The van der Waals surface area contributed by atoms with Gasteiger partial charge in [0, 0.05) is 4.47 Å². The van der Waals surface area contributed by atoms with Crippen LogP contribution in [0, 0.1) is 0 Å². The number of carbonyl (C=O) groups is 1. The number of Topliss-reactive ketones (excluding diaryl/α,β-unsaturated/α-hetero) is 1. The molecular weight excluding hydrogens is 308 g/mol. The Morgan fingerprint density at radius 1 is 1.53 bits per heavy atom. The quantitative estimate of drug-likeness (QED) is 0.785. The maximum atomic E-state index is 11.6. The first-order chi connectivity index (χ1) is 8.87. The second-order valence-electron chi connectivity index (χ2n) is 5.55. The molecule has 0 bridgehead atoms. The van der Waals surface area contributed by atoms with Gasteiger partial charge >= 0.3 is 0 Å². The Bertz CT molecular complexity index is 482. The molecule has 1 aliphatic heterocycles. The molecule has 1 aliphatic rings. The lowest BCUT2D eigenvalue weighted by atomic mass is 10.1. The normalized spacial score (nSPS) is 21.4. The van der Waals surface area contributed by atoms with E-state index >= 15 is 0 Å². The van der Waals surface area contributed by atoms with Crippen LogP contribution in [0.1, 0.15) is 44.0 Å². The van der Waals surface area contributed by atoms with Crippen LogP contribution in [-0.4, -0.2) is 24.1 Å². The zero-order valence-electron chi connectivity index (χ0n) is 11.5. The first-order valence-electron chi connectivity index (χ1n) is 6.48. The van der Waals surface area contributed by atoms with Crippen molar-refractivity contribution in [2.45, 2.75) is 45.3 Å². The van der Waals surface area contributed by atoms with E-state index in [4.69, 9.17) is 9.47 Å². The third kappa shape index (κ3) is 3.80. The summed E-state index contributed by atoms with van der Waals surface area (Å²) in [7, 11) is 0. The standard InChI is InChI=1S/C15H19BrO3/c1-10(17)13-5-4-11(16)8-14(13)18-9-12-6-7-15(2,3)19-12/h4-5,8,12H,6-7,9H2,1-3H3. The van der Waals surface area contributed by atoms with Gasteiger partial charge in [0.2, 0.25) is 0 Å². The van der Waals surface area contributed by atoms with E-state index in [1.807, 2.05) is 12.1 Å². The van der Waals surface area contributed by atoms with Crippen LogP contribution in [0.15, 0.2) is 22.7 Å². The van der Waals surface area contributed by atoms with Crippen LogP contribution in [0.2, 0.25) is 0 Å². The fraction of sp³-hybridized carbons (Fsp3) is 0.533. The molecule has 0 N–H and O–H groups in total. The van der Waals surface area contributed by atoms with Crippen molar-refractivity contribution in [2.75, 3.05) is 6.61 Å². The maximum absolute atomic E-state index is 11.6. The number of ether oxygens (including phenoxy) is 2. The van der Waals surface area contributed by atoms with E-state index in [0.29, 0.717) is 17.9 Å². The summed E-state index contributed by atoms with van der Waals surface area (Å²) in [5, 5.41) is 0. The van der Waals surface area contributed by atoms with E-state index in [9.17, 15) is 4.79 Å². The van der Waals surface area contributed by atoms with E-state index in [0.717, 1.165) is 17.3 Å². The van der Waals surface area contributed by atoms with Gasteiger partial charge < -0.3 is 9.47 Å². The molecule has 0 aliphatic carbocycles. The van der Waals surface area contributed by atoms with Crippen molar-refractivity contribution in [3.63, 3.8) is 0 Å². The SMILES string of the molecule is CC(=O)c1ccc(Br)cc1OCC1CCC(C)(C)O1. The fourth-order valence-electron chi connectivity index (χ4n) is 2.28. The van der Waals surface area contributed by atoms with Crippen molar-refractivity contribution >= 4 is 21.7 Å². The molecule has 1 atom stereocenters. The van der Waals surface area contributed by atoms with Crippen LogP contribution in [-0.2, 0) is 4.74 Å². The van der Waals surface area contributed by atoms with Crippen molar-refractivity contribution in [3.8, 4) is 5.75 Å². The number of benzene rings is 1. The molecule has 1 saturated heterocycles. The topological polar surface area (TPSA) is 35.5 Å². The molecule has 4 heteroatoms. The van der Waals surface area contributed by atoms with Gasteiger partial charge in [-0.25, -0.2) is 0 Å². The van der Waals surface area contributed by atoms with E-state index in [-0.39, 0.29) is 17.5 Å². The summed E-state index contributed by atoms with van der Waals surface area (Å²) >= 11 is 3.39. The summed E-state index contributed by atoms with van der Waals surface area (Å²) in [5.41, 5.74) is 0.551. The number of hydrogen-bond acceptors (Lipinski definition) is 3. The zero-order chi connectivity index (χ0) is 14.0. The van der Waals surface area contributed by atoms with Crippen molar-refractivity contribution in [1.82, 2.24) is 0 Å².